The molecule has 0 spiro atoms. The van der Waals surface area contributed by atoms with E-state index in [2.05, 4.69) is 91.8 Å². The van der Waals surface area contributed by atoms with Gasteiger partial charge in [-0.15, -0.1) is 34.0 Å². The molecule has 4 amide bonds. The van der Waals surface area contributed by atoms with Gasteiger partial charge in [0.1, 0.15) is 16.7 Å². The third-order valence-electron chi connectivity index (χ3n) is 10.9. The Bertz CT molecular complexity index is 4150. The second kappa shape index (κ2) is 26.7. The molecule has 0 unspecified atom stereocenters. The normalized spacial score (nSPS) is 10.7. The van der Waals surface area contributed by atoms with Crippen molar-refractivity contribution in [3.8, 4) is 32.1 Å². The van der Waals surface area contributed by atoms with Gasteiger partial charge in [-0.1, -0.05) is 34.9 Å². The minimum Gasteiger partial charge on any atom is -0.451 e. The molecule has 3 N–H and O–H groups in total. The highest BCUT2D eigenvalue weighted by molar-refractivity contribution is 9.11. The molecule has 3 aromatic carbocycles. The molecule has 0 aliphatic carbocycles. The van der Waals surface area contributed by atoms with E-state index in [4.69, 9.17) is 13.3 Å². The number of nitrogens with zero attached hydrogens (tertiary/aromatic N) is 7. The van der Waals surface area contributed by atoms with Crippen LogP contribution in [-0.2, 0) is 4.79 Å². The Kier molecular flexibility index (Phi) is 19.3. The number of anilines is 3. The van der Waals surface area contributed by atoms with E-state index in [1.165, 1.54) is 57.1 Å². The molecule has 0 atom stereocenters. The molecule has 0 aliphatic heterocycles. The molecule has 9 heterocycles. The van der Waals surface area contributed by atoms with Crippen LogP contribution in [0.15, 0.2) is 148 Å². The third-order valence-corrected chi connectivity index (χ3v) is 17.6. The number of aromatic nitrogens is 6. The highest BCUT2D eigenvalue weighted by atomic mass is 79.9. The topological polar surface area (TPSA) is 276 Å². The summed E-state index contributed by atoms with van der Waals surface area (Å²) in [4.78, 5) is 100. The molecule has 29 heteroatoms. The average molecular weight is 1420 g/mol. The molecule has 0 bridgehead atoms. The smallest absolute Gasteiger partial charge is 0.293 e. The molecule has 0 fully saturated rings. The number of fused-ring (bicyclic) bond motifs is 3. The highest BCUT2D eigenvalue weighted by Crippen LogP contribution is 2.34. The van der Waals surface area contributed by atoms with E-state index >= 15 is 0 Å². The molecular weight excluding hydrogens is 1380 g/mol. The summed E-state index contributed by atoms with van der Waals surface area (Å²) in [6.45, 7) is 5.66. The van der Waals surface area contributed by atoms with Crippen molar-refractivity contribution < 1.29 is 32.4 Å². The van der Waals surface area contributed by atoms with Crippen LogP contribution in [0.2, 0.25) is 0 Å². The first-order valence-corrected chi connectivity index (χ1v) is 30.9. The largest absolute Gasteiger partial charge is 0.451 e. The fourth-order valence-electron chi connectivity index (χ4n) is 7.05. The number of amides is 4. The van der Waals surface area contributed by atoms with E-state index in [1.54, 1.807) is 50.5 Å². The van der Waals surface area contributed by atoms with Crippen LogP contribution in [0.3, 0.4) is 0 Å². The Morgan fingerprint density at radius 3 is 0.976 bits per heavy atom. The van der Waals surface area contributed by atoms with Crippen LogP contribution in [0.1, 0.15) is 48.4 Å². The highest BCUT2D eigenvalue weighted by Gasteiger charge is 2.20. The molecule has 12 rings (SSSR count). The van der Waals surface area contributed by atoms with Gasteiger partial charge in [-0.05, 0) is 141 Å². The van der Waals surface area contributed by atoms with Crippen molar-refractivity contribution in [2.24, 2.45) is 0 Å². The zero-order valence-electron chi connectivity index (χ0n) is 43.3. The van der Waals surface area contributed by atoms with Gasteiger partial charge in [0.25, 0.3) is 17.7 Å². The molecule has 9 aromatic heterocycles. The summed E-state index contributed by atoms with van der Waals surface area (Å²) < 4.78 is 32.3. The van der Waals surface area contributed by atoms with E-state index < -0.39 is 17.7 Å². The van der Waals surface area contributed by atoms with Crippen molar-refractivity contribution >= 4 is 189 Å². The summed E-state index contributed by atoms with van der Waals surface area (Å²) in [5.41, 5.74) is 3.17. The number of aryl methyl sites for hydroxylation is 3. The number of rotatable bonds is 10. The van der Waals surface area contributed by atoms with Crippen LogP contribution in [0.25, 0.3) is 65.0 Å². The molecular formula is C54H37Br3N10O10S6. The Morgan fingerprint density at radius 1 is 0.458 bits per heavy atom. The van der Waals surface area contributed by atoms with E-state index in [9.17, 15) is 33.6 Å². The lowest BCUT2D eigenvalue weighted by molar-refractivity contribution is -0.115. The van der Waals surface area contributed by atoms with Crippen LogP contribution in [0, 0.1) is 20.8 Å². The minimum absolute atomic E-state index is 0.0676. The molecule has 0 saturated carbocycles. The SMILES string of the molecule is CN(C)C=O.Cc1ccc2oc(C(=O)Nc3nc(-c4ccc(Br)s4)ns3)cc(=O)c2c1.Cc1ccc2oc(C(=O)Nc3nc(-c4ccc(Br)s4)ns3)cc(=O)c2c1.Cc1ccc2oc(C(=O)Nc3nc(-c4ccc(Br)s4)ns3)cc(=O)c2c1. The van der Waals surface area contributed by atoms with Gasteiger partial charge in [-0.25, -0.2) is 0 Å². The van der Waals surface area contributed by atoms with Gasteiger partial charge in [0, 0.05) is 66.9 Å². The summed E-state index contributed by atoms with van der Waals surface area (Å²) in [5, 5.41) is 10.2. The van der Waals surface area contributed by atoms with Crippen LogP contribution < -0.4 is 32.2 Å². The van der Waals surface area contributed by atoms with Gasteiger partial charge >= 0.3 is 0 Å². The van der Waals surface area contributed by atoms with Crippen LogP contribution >= 0.6 is 116 Å². The fraction of sp³-hybridized carbons (Fsp3) is 0.0926. The number of benzene rings is 3. The van der Waals surface area contributed by atoms with E-state index in [1.807, 2.05) is 75.4 Å². The van der Waals surface area contributed by atoms with Crippen molar-refractivity contribution in [2.75, 3.05) is 30.0 Å². The lowest BCUT2D eigenvalue weighted by Gasteiger charge is -2.03. The maximum Gasteiger partial charge on any atom is 0.293 e. The van der Waals surface area contributed by atoms with Crippen molar-refractivity contribution in [1.82, 2.24) is 33.0 Å². The van der Waals surface area contributed by atoms with Crippen LogP contribution in [-0.4, -0.2) is 71.2 Å². The Morgan fingerprint density at radius 2 is 0.735 bits per heavy atom. The molecule has 83 heavy (non-hydrogen) atoms. The number of hydrogen-bond donors (Lipinski definition) is 3. The summed E-state index contributed by atoms with van der Waals surface area (Å²) in [6, 6.07) is 30.7. The van der Waals surface area contributed by atoms with Crippen LogP contribution in [0.4, 0.5) is 15.4 Å². The quantitative estimate of drug-likeness (QED) is 0.107. The lowest BCUT2D eigenvalue weighted by atomic mass is 10.1. The third kappa shape index (κ3) is 15.3. The number of carbonyl (C=O) groups excluding carboxylic acids is 4. The maximum absolute atomic E-state index is 12.4. The number of carbonyl (C=O) groups is 4. The van der Waals surface area contributed by atoms with Gasteiger partial charge < -0.3 is 18.2 Å². The predicted molar refractivity (Wildman–Crippen MR) is 338 cm³/mol. The summed E-state index contributed by atoms with van der Waals surface area (Å²) >= 11 is 17.9. The molecule has 20 nitrogen and oxygen atoms in total. The number of nitrogens with one attached hydrogen (secondary N) is 3. The first kappa shape index (κ1) is 60.0. The molecule has 420 valence electrons. The van der Waals surface area contributed by atoms with Crippen LogP contribution in [0.5, 0.6) is 0 Å². The van der Waals surface area contributed by atoms with Crippen molar-refractivity contribution in [3.63, 3.8) is 0 Å². The minimum atomic E-state index is -0.542. The first-order valence-electron chi connectivity index (χ1n) is 23.7. The Hall–Kier alpha value is -7.61. The molecule has 12 aromatic rings. The van der Waals surface area contributed by atoms with E-state index in [-0.39, 0.29) is 33.6 Å². The monoisotopic (exact) mass is 1410 g/mol. The number of thiophene rings is 3. The zero-order valence-corrected chi connectivity index (χ0v) is 52.9. The Balaban J connectivity index is 0.000000144. The number of halogens is 3. The number of hydrogen-bond acceptors (Lipinski definition) is 22. The summed E-state index contributed by atoms with van der Waals surface area (Å²) in [7, 11) is 3.38. The fourth-order valence-corrected chi connectivity index (χ4v) is 12.9. The summed E-state index contributed by atoms with van der Waals surface area (Å²) in [6.07, 6.45) is 0.750. The van der Waals surface area contributed by atoms with E-state index in [0.717, 1.165) is 83.7 Å². The second-order valence-electron chi connectivity index (χ2n) is 17.4. The summed E-state index contributed by atoms with van der Waals surface area (Å²) in [5.74, 6) is -0.214. The maximum atomic E-state index is 12.4. The van der Waals surface area contributed by atoms with Gasteiger partial charge in [0.2, 0.25) is 21.8 Å². The average Bonchev–Trinajstić information content (AvgIpc) is 4.29. The van der Waals surface area contributed by atoms with Gasteiger partial charge in [0.15, 0.2) is 51.0 Å². The van der Waals surface area contributed by atoms with Crippen molar-refractivity contribution in [3.05, 3.63) is 185 Å². The van der Waals surface area contributed by atoms with Gasteiger partial charge in [-0.3, -0.25) is 49.5 Å². The first-order chi connectivity index (χ1) is 39.7. The molecule has 0 saturated heterocycles. The van der Waals surface area contributed by atoms with Crippen molar-refractivity contribution in [1.29, 1.82) is 0 Å². The Labute approximate surface area is 517 Å². The van der Waals surface area contributed by atoms with Gasteiger partial charge in [0.05, 0.1) is 42.1 Å². The van der Waals surface area contributed by atoms with Crippen molar-refractivity contribution in [2.45, 2.75) is 20.8 Å². The second-order valence-corrected chi connectivity index (χ2v) is 27.1. The predicted octanol–water partition coefficient (Wildman–Crippen LogP) is 13.8. The van der Waals surface area contributed by atoms with E-state index in [0.29, 0.717) is 65.8 Å². The standard InChI is InChI=1S/3C17H10BrN3O3S2.C3H7NO/c3*1-8-2-3-11-9(6-8)10(22)7-12(24-11)16(23)20-17-19-15(21-26-17)13-4-5-14(18)25-13;1-4(2)3-5/h3*2-7H,1H3,(H,19,20,21,23);3H,1-2H3. The van der Waals surface area contributed by atoms with Gasteiger partial charge in [-0.2, -0.15) is 28.1 Å². The molecule has 0 radical (unpaired) electrons. The molecule has 0 aliphatic rings. The lowest BCUT2D eigenvalue weighted by Crippen LogP contribution is -2.14. The zero-order chi connectivity index (χ0) is 59.1.